The highest BCUT2D eigenvalue weighted by molar-refractivity contribution is 5.70. The highest BCUT2D eigenvalue weighted by Crippen LogP contribution is 2.20. The Morgan fingerprint density at radius 3 is 2.05 bits per heavy atom. The number of benzene rings is 2. The highest BCUT2D eigenvalue weighted by atomic mass is 16.3. The molecule has 0 saturated heterocycles. The molecule has 1 aromatic heterocycles. The average molecular weight is 246 g/mol. The van der Waals surface area contributed by atoms with Crippen LogP contribution < -0.4 is 0 Å². The smallest absolute Gasteiger partial charge is 0.126 e. The van der Waals surface area contributed by atoms with Gasteiger partial charge < -0.3 is 4.42 Å². The molecule has 0 unspecified atom stereocenters. The lowest BCUT2D eigenvalue weighted by Crippen LogP contribution is -1.77. The minimum absolute atomic E-state index is 0.868. The third-order valence-electron chi connectivity index (χ3n) is 3.00. The van der Waals surface area contributed by atoms with Crippen molar-refractivity contribution in [1.82, 2.24) is 0 Å². The largest absolute Gasteiger partial charge is 0.465 e. The van der Waals surface area contributed by atoms with Crippen LogP contribution in [-0.4, -0.2) is 0 Å². The Labute approximate surface area is 112 Å². The number of rotatable bonds is 3. The van der Waals surface area contributed by atoms with Crippen LogP contribution in [0, 0.1) is 0 Å². The summed E-state index contributed by atoms with van der Waals surface area (Å²) in [5.74, 6) is 0.868. The molecule has 0 N–H and O–H groups in total. The molecule has 0 fully saturated rings. The maximum Gasteiger partial charge on any atom is 0.126 e. The molecule has 0 aliphatic carbocycles. The summed E-state index contributed by atoms with van der Waals surface area (Å²) >= 11 is 0. The zero-order chi connectivity index (χ0) is 12.9. The van der Waals surface area contributed by atoms with Gasteiger partial charge in [-0.1, -0.05) is 60.7 Å². The van der Waals surface area contributed by atoms with E-state index in [1.807, 2.05) is 30.4 Å². The molecular weight excluding hydrogens is 232 g/mol. The van der Waals surface area contributed by atoms with Gasteiger partial charge in [0.2, 0.25) is 0 Å². The van der Waals surface area contributed by atoms with Gasteiger partial charge in [0.1, 0.15) is 5.76 Å². The predicted octanol–water partition coefficient (Wildman–Crippen LogP) is 5.12. The molecule has 1 nitrogen and oxygen atoms in total. The summed E-state index contributed by atoms with van der Waals surface area (Å²) in [4.78, 5) is 0. The van der Waals surface area contributed by atoms with Crippen LogP contribution in [0.2, 0.25) is 0 Å². The van der Waals surface area contributed by atoms with Gasteiger partial charge in [-0.2, -0.15) is 0 Å². The quantitative estimate of drug-likeness (QED) is 0.625. The van der Waals surface area contributed by atoms with Crippen LogP contribution in [0.3, 0.4) is 0 Å². The van der Waals surface area contributed by atoms with E-state index >= 15 is 0 Å². The molecule has 1 heteroatoms. The van der Waals surface area contributed by atoms with Crippen LogP contribution in [0.5, 0.6) is 0 Å². The van der Waals surface area contributed by atoms with Gasteiger partial charge in [-0.25, -0.2) is 0 Å². The summed E-state index contributed by atoms with van der Waals surface area (Å²) in [6, 6.07) is 22.7. The van der Waals surface area contributed by atoms with Crippen LogP contribution in [-0.2, 0) is 0 Å². The fourth-order valence-electron chi connectivity index (χ4n) is 1.98. The standard InChI is InChI=1S/C18H14O/c1-2-5-16(6-3-1)17-11-8-15(9-12-17)10-13-18-7-4-14-19-18/h1-14H/b13-10+. The Morgan fingerprint density at radius 1 is 0.632 bits per heavy atom. The fraction of sp³-hybridized carbons (Fsp3) is 0. The van der Waals surface area contributed by atoms with Crippen molar-refractivity contribution in [2.75, 3.05) is 0 Å². The normalized spacial score (nSPS) is 10.9. The minimum atomic E-state index is 0.868. The molecule has 0 bridgehead atoms. The highest BCUT2D eigenvalue weighted by Gasteiger charge is 1.95. The van der Waals surface area contributed by atoms with E-state index in [9.17, 15) is 0 Å². The molecule has 2 aromatic carbocycles. The molecule has 19 heavy (non-hydrogen) atoms. The first kappa shape index (κ1) is 11.5. The number of hydrogen-bond acceptors (Lipinski definition) is 1. The lowest BCUT2D eigenvalue weighted by Gasteiger charge is -2.01. The topological polar surface area (TPSA) is 13.1 Å². The molecule has 0 spiro atoms. The van der Waals surface area contributed by atoms with E-state index in [1.54, 1.807) is 6.26 Å². The Bertz CT molecular complexity index is 647. The maximum absolute atomic E-state index is 5.26. The monoisotopic (exact) mass is 246 g/mol. The Kier molecular flexibility index (Phi) is 3.28. The molecule has 0 saturated carbocycles. The molecule has 0 aliphatic rings. The second-order valence-corrected chi connectivity index (χ2v) is 4.34. The zero-order valence-corrected chi connectivity index (χ0v) is 10.5. The van der Waals surface area contributed by atoms with Gasteiger partial charge in [-0.15, -0.1) is 0 Å². The molecule has 3 rings (SSSR count). The predicted molar refractivity (Wildman–Crippen MR) is 79.5 cm³/mol. The van der Waals surface area contributed by atoms with Crippen molar-refractivity contribution in [3.8, 4) is 11.1 Å². The van der Waals surface area contributed by atoms with Gasteiger partial charge >= 0.3 is 0 Å². The van der Waals surface area contributed by atoms with Crippen LogP contribution in [0.15, 0.2) is 77.4 Å². The molecule has 3 aromatic rings. The Hall–Kier alpha value is -2.54. The number of hydrogen-bond donors (Lipinski definition) is 0. The third-order valence-corrected chi connectivity index (χ3v) is 3.00. The molecule has 1 heterocycles. The van der Waals surface area contributed by atoms with Crippen LogP contribution in [0.25, 0.3) is 23.3 Å². The first-order valence-corrected chi connectivity index (χ1v) is 6.29. The summed E-state index contributed by atoms with van der Waals surface area (Å²) < 4.78 is 5.26. The van der Waals surface area contributed by atoms with Gasteiger partial charge in [0.15, 0.2) is 0 Å². The molecule has 0 radical (unpaired) electrons. The van der Waals surface area contributed by atoms with Gasteiger partial charge in [-0.3, -0.25) is 0 Å². The van der Waals surface area contributed by atoms with E-state index in [0.717, 1.165) is 11.3 Å². The van der Waals surface area contributed by atoms with E-state index in [2.05, 4.69) is 48.5 Å². The maximum atomic E-state index is 5.26. The summed E-state index contributed by atoms with van der Waals surface area (Å²) in [6.07, 6.45) is 5.70. The molecule has 0 atom stereocenters. The van der Waals surface area contributed by atoms with Gasteiger partial charge in [0.25, 0.3) is 0 Å². The minimum Gasteiger partial charge on any atom is -0.465 e. The van der Waals surface area contributed by atoms with Crippen molar-refractivity contribution in [2.45, 2.75) is 0 Å². The molecular formula is C18H14O. The molecule has 0 aliphatic heterocycles. The van der Waals surface area contributed by atoms with Crippen molar-refractivity contribution < 1.29 is 4.42 Å². The number of furan rings is 1. The summed E-state index contributed by atoms with van der Waals surface area (Å²) in [5.41, 5.74) is 3.64. The third kappa shape index (κ3) is 2.83. The second kappa shape index (κ2) is 5.40. The van der Waals surface area contributed by atoms with Crippen molar-refractivity contribution in [1.29, 1.82) is 0 Å². The zero-order valence-electron chi connectivity index (χ0n) is 10.5. The lowest BCUT2D eigenvalue weighted by molar-refractivity contribution is 0.557. The van der Waals surface area contributed by atoms with E-state index in [4.69, 9.17) is 4.42 Å². The van der Waals surface area contributed by atoms with Gasteiger partial charge in [-0.05, 0) is 34.9 Å². The summed E-state index contributed by atoms with van der Waals surface area (Å²) in [5, 5.41) is 0. The summed E-state index contributed by atoms with van der Waals surface area (Å²) in [6.45, 7) is 0. The summed E-state index contributed by atoms with van der Waals surface area (Å²) in [7, 11) is 0. The van der Waals surface area contributed by atoms with Crippen molar-refractivity contribution >= 4 is 12.2 Å². The van der Waals surface area contributed by atoms with Crippen LogP contribution >= 0.6 is 0 Å². The molecule has 92 valence electrons. The second-order valence-electron chi connectivity index (χ2n) is 4.34. The van der Waals surface area contributed by atoms with E-state index in [1.165, 1.54) is 11.1 Å². The first-order valence-electron chi connectivity index (χ1n) is 6.29. The lowest BCUT2D eigenvalue weighted by atomic mass is 10.0. The SMILES string of the molecule is C(=C\c1ccco1)/c1ccc(-c2ccccc2)cc1. The van der Waals surface area contributed by atoms with Crippen LogP contribution in [0.1, 0.15) is 11.3 Å². The van der Waals surface area contributed by atoms with Gasteiger partial charge in [0.05, 0.1) is 6.26 Å². The van der Waals surface area contributed by atoms with Crippen LogP contribution in [0.4, 0.5) is 0 Å². The Balaban J connectivity index is 1.80. The average Bonchev–Trinajstić information content (AvgIpc) is 3.00. The Morgan fingerprint density at radius 2 is 1.37 bits per heavy atom. The van der Waals surface area contributed by atoms with Crippen molar-refractivity contribution in [2.24, 2.45) is 0 Å². The van der Waals surface area contributed by atoms with E-state index < -0.39 is 0 Å². The van der Waals surface area contributed by atoms with E-state index in [0.29, 0.717) is 0 Å². The van der Waals surface area contributed by atoms with Crippen molar-refractivity contribution in [3.05, 3.63) is 84.3 Å². The fourth-order valence-corrected chi connectivity index (χ4v) is 1.98. The molecule has 0 amide bonds. The van der Waals surface area contributed by atoms with E-state index in [-0.39, 0.29) is 0 Å². The first-order chi connectivity index (χ1) is 9.42. The van der Waals surface area contributed by atoms with Gasteiger partial charge in [0, 0.05) is 0 Å². The van der Waals surface area contributed by atoms with Crippen molar-refractivity contribution in [3.63, 3.8) is 0 Å².